The second-order valence-electron chi connectivity index (χ2n) is 7.53. The van der Waals surface area contributed by atoms with E-state index in [9.17, 15) is 14.7 Å². The van der Waals surface area contributed by atoms with Crippen molar-refractivity contribution in [3.8, 4) is 5.75 Å². The number of likely N-dealkylation sites (tertiary alicyclic amines) is 1. The average Bonchev–Trinajstić information content (AvgIpc) is 2.74. The summed E-state index contributed by atoms with van der Waals surface area (Å²) in [5, 5.41) is 10.6. The van der Waals surface area contributed by atoms with Crippen LogP contribution < -0.4 is 4.74 Å². The highest BCUT2D eigenvalue weighted by Crippen LogP contribution is 2.25. The molecule has 154 valence electrons. The molecule has 1 aliphatic rings. The number of amides is 1. The van der Waals surface area contributed by atoms with Crippen LogP contribution in [-0.4, -0.2) is 54.3 Å². The minimum atomic E-state index is -0.819. The second kappa shape index (κ2) is 9.09. The van der Waals surface area contributed by atoms with Crippen LogP contribution in [0, 0.1) is 0 Å². The normalized spacial score (nSPS) is 19.1. The lowest BCUT2D eigenvalue weighted by Gasteiger charge is -2.36. The SMILES string of the molecule is COC(=O)c1ccccc1C(=O)N1CC[C@@H](Oc2cccc(C(C)C)c2)[C@H](O)C1. The van der Waals surface area contributed by atoms with E-state index in [0.29, 0.717) is 18.9 Å². The van der Waals surface area contributed by atoms with E-state index in [2.05, 4.69) is 13.8 Å². The first-order valence-electron chi connectivity index (χ1n) is 9.82. The van der Waals surface area contributed by atoms with Crippen LogP contribution in [0.25, 0.3) is 0 Å². The molecule has 0 spiro atoms. The molecule has 29 heavy (non-hydrogen) atoms. The second-order valence-corrected chi connectivity index (χ2v) is 7.53. The van der Waals surface area contributed by atoms with E-state index in [1.165, 1.54) is 12.7 Å². The van der Waals surface area contributed by atoms with Gasteiger partial charge in [0.2, 0.25) is 0 Å². The molecule has 1 aliphatic heterocycles. The van der Waals surface area contributed by atoms with E-state index in [4.69, 9.17) is 9.47 Å². The Kier molecular flexibility index (Phi) is 6.54. The number of hydrogen-bond acceptors (Lipinski definition) is 5. The molecule has 3 rings (SSSR count). The molecule has 6 heteroatoms. The number of nitrogens with zero attached hydrogens (tertiary/aromatic N) is 1. The summed E-state index contributed by atoms with van der Waals surface area (Å²) in [7, 11) is 1.28. The fraction of sp³-hybridized carbons (Fsp3) is 0.391. The van der Waals surface area contributed by atoms with Crippen molar-refractivity contribution in [3.63, 3.8) is 0 Å². The Hall–Kier alpha value is -2.86. The number of β-amino-alcohol motifs (C(OH)–C–C–N with tert-alkyl or cyclic N) is 1. The van der Waals surface area contributed by atoms with Crippen molar-refractivity contribution in [2.24, 2.45) is 0 Å². The highest BCUT2D eigenvalue weighted by Gasteiger charge is 2.33. The predicted molar refractivity (Wildman–Crippen MR) is 109 cm³/mol. The van der Waals surface area contributed by atoms with Crippen LogP contribution >= 0.6 is 0 Å². The van der Waals surface area contributed by atoms with Crippen LogP contribution in [0.3, 0.4) is 0 Å². The molecule has 1 fully saturated rings. The van der Waals surface area contributed by atoms with E-state index in [-0.39, 0.29) is 23.6 Å². The van der Waals surface area contributed by atoms with Gasteiger partial charge in [-0.1, -0.05) is 38.1 Å². The highest BCUT2D eigenvalue weighted by atomic mass is 16.5. The van der Waals surface area contributed by atoms with Gasteiger partial charge in [-0.05, 0) is 35.7 Å². The fourth-order valence-electron chi connectivity index (χ4n) is 3.48. The standard InChI is InChI=1S/C23H27NO5/c1-15(2)16-7-6-8-17(13-16)29-21-11-12-24(14-20(21)25)22(26)18-9-4-5-10-19(18)23(27)28-3/h4-10,13,15,20-21,25H,11-12,14H2,1-3H3/t20-,21-/m1/s1. The van der Waals surface area contributed by atoms with Gasteiger partial charge in [0.15, 0.2) is 0 Å². The van der Waals surface area contributed by atoms with Crippen molar-refractivity contribution in [2.45, 2.75) is 38.4 Å². The van der Waals surface area contributed by atoms with Gasteiger partial charge in [0.1, 0.15) is 18.0 Å². The van der Waals surface area contributed by atoms with Gasteiger partial charge >= 0.3 is 5.97 Å². The Balaban J connectivity index is 1.68. The number of benzene rings is 2. The van der Waals surface area contributed by atoms with Crippen molar-refractivity contribution < 1.29 is 24.2 Å². The largest absolute Gasteiger partial charge is 0.488 e. The molecule has 0 unspecified atom stereocenters. The molecule has 1 amide bonds. The molecule has 0 radical (unpaired) electrons. The maximum atomic E-state index is 12.9. The third-order valence-corrected chi connectivity index (χ3v) is 5.18. The number of rotatable bonds is 5. The molecule has 1 heterocycles. The van der Waals surface area contributed by atoms with Crippen LogP contribution in [0.15, 0.2) is 48.5 Å². The number of carbonyl (C=O) groups excluding carboxylic acids is 2. The summed E-state index contributed by atoms with van der Waals surface area (Å²) in [6, 6.07) is 14.4. The van der Waals surface area contributed by atoms with Gasteiger partial charge in [0, 0.05) is 13.0 Å². The van der Waals surface area contributed by atoms with E-state index >= 15 is 0 Å². The lowest BCUT2D eigenvalue weighted by Crippen LogP contribution is -2.51. The highest BCUT2D eigenvalue weighted by molar-refractivity contribution is 6.05. The van der Waals surface area contributed by atoms with Crippen LogP contribution in [0.1, 0.15) is 52.5 Å². The maximum absolute atomic E-state index is 12.9. The Bertz CT molecular complexity index is 879. The number of carbonyl (C=O) groups is 2. The summed E-state index contributed by atoms with van der Waals surface area (Å²) in [6.07, 6.45) is -0.711. The first kappa shape index (κ1) is 20.9. The summed E-state index contributed by atoms with van der Waals surface area (Å²) < 4.78 is 10.8. The smallest absolute Gasteiger partial charge is 0.338 e. The van der Waals surface area contributed by atoms with E-state index in [1.54, 1.807) is 29.2 Å². The Morgan fingerprint density at radius 1 is 1.10 bits per heavy atom. The molecule has 2 aromatic carbocycles. The van der Waals surface area contributed by atoms with Crippen molar-refractivity contribution in [1.82, 2.24) is 4.90 Å². The van der Waals surface area contributed by atoms with E-state index < -0.39 is 18.2 Å². The zero-order chi connectivity index (χ0) is 21.0. The lowest BCUT2D eigenvalue weighted by molar-refractivity contribution is -0.0199. The quantitative estimate of drug-likeness (QED) is 0.784. The summed E-state index contributed by atoms with van der Waals surface area (Å²) in [6.45, 7) is 4.80. The number of hydrogen-bond donors (Lipinski definition) is 1. The van der Waals surface area contributed by atoms with Gasteiger partial charge in [0.05, 0.1) is 24.8 Å². The monoisotopic (exact) mass is 397 g/mol. The average molecular weight is 397 g/mol. The van der Waals surface area contributed by atoms with Crippen molar-refractivity contribution in [2.75, 3.05) is 20.2 Å². The van der Waals surface area contributed by atoms with Crippen molar-refractivity contribution in [1.29, 1.82) is 0 Å². The minimum Gasteiger partial charge on any atom is -0.488 e. The predicted octanol–water partition coefficient (Wildman–Crippen LogP) is 3.25. The molecule has 0 bridgehead atoms. The van der Waals surface area contributed by atoms with Crippen LogP contribution in [-0.2, 0) is 4.74 Å². The van der Waals surface area contributed by atoms with Crippen molar-refractivity contribution >= 4 is 11.9 Å². The molecule has 0 aliphatic carbocycles. The topological polar surface area (TPSA) is 76.1 Å². The fourth-order valence-corrected chi connectivity index (χ4v) is 3.48. The summed E-state index contributed by atoms with van der Waals surface area (Å²) in [5.41, 5.74) is 1.66. The minimum absolute atomic E-state index is 0.142. The molecule has 2 aromatic rings. The maximum Gasteiger partial charge on any atom is 0.338 e. The summed E-state index contributed by atoms with van der Waals surface area (Å²) in [4.78, 5) is 26.4. The Labute approximate surface area is 171 Å². The van der Waals surface area contributed by atoms with Gasteiger partial charge in [-0.15, -0.1) is 0 Å². The Morgan fingerprint density at radius 2 is 1.83 bits per heavy atom. The molecule has 0 aromatic heterocycles. The zero-order valence-electron chi connectivity index (χ0n) is 17.0. The molecule has 0 saturated carbocycles. The number of piperidine rings is 1. The molecule has 6 nitrogen and oxygen atoms in total. The third kappa shape index (κ3) is 4.77. The van der Waals surface area contributed by atoms with Crippen LogP contribution in [0.5, 0.6) is 5.75 Å². The first-order valence-corrected chi connectivity index (χ1v) is 9.82. The van der Waals surface area contributed by atoms with E-state index in [0.717, 1.165) is 5.75 Å². The number of aliphatic hydroxyl groups excluding tert-OH is 1. The number of ether oxygens (including phenoxy) is 2. The van der Waals surface area contributed by atoms with E-state index in [1.807, 2.05) is 24.3 Å². The molecule has 1 saturated heterocycles. The van der Waals surface area contributed by atoms with Gasteiger partial charge < -0.3 is 19.5 Å². The number of methoxy groups -OCH3 is 1. The molecular weight excluding hydrogens is 370 g/mol. The van der Waals surface area contributed by atoms with Gasteiger partial charge in [-0.2, -0.15) is 0 Å². The molecule has 2 atom stereocenters. The zero-order valence-corrected chi connectivity index (χ0v) is 17.0. The van der Waals surface area contributed by atoms with Gasteiger partial charge in [-0.25, -0.2) is 4.79 Å². The first-order chi connectivity index (χ1) is 13.9. The molecular formula is C23H27NO5. The van der Waals surface area contributed by atoms with Crippen LogP contribution in [0.2, 0.25) is 0 Å². The van der Waals surface area contributed by atoms with Gasteiger partial charge in [0.25, 0.3) is 5.91 Å². The lowest BCUT2D eigenvalue weighted by atomic mass is 10.0. The molecule has 1 N–H and O–H groups in total. The van der Waals surface area contributed by atoms with Crippen LogP contribution in [0.4, 0.5) is 0 Å². The van der Waals surface area contributed by atoms with Crippen molar-refractivity contribution in [3.05, 3.63) is 65.2 Å². The van der Waals surface area contributed by atoms with Gasteiger partial charge in [-0.3, -0.25) is 4.79 Å². The number of esters is 1. The summed E-state index contributed by atoms with van der Waals surface area (Å²) >= 11 is 0. The summed E-state index contributed by atoms with van der Waals surface area (Å²) in [5.74, 6) is 0.247. The third-order valence-electron chi connectivity index (χ3n) is 5.18. The Morgan fingerprint density at radius 3 is 2.48 bits per heavy atom. The number of aliphatic hydroxyl groups is 1.